The number of aliphatic imine (C=N–C) groups is 2. The number of aromatic nitrogens is 2. The summed E-state index contributed by atoms with van der Waals surface area (Å²) in [7, 11) is 0. The standard InChI is InChI=1S/C47H80N10O13/c1-42(2,3)65-36(58)50-33(48)31-25-26-32(55-54-31)64-30-24-29-57(41(63)70-47(16,17)18)35(53-39(61)68-45(10,11)12)56(40(62)69-46(13,14)15)28-23-21-19-20-22-27-49-34(51-37(59)66-43(4,5)6)52-38(60)67-44(7,8)9/h25-26H,19-24,27-30H2,1-18H3,(H2,48,50,58)(H2,49,51,52,59,60)/b53-35-. The van der Waals surface area contributed by atoms with Gasteiger partial charge in [-0.15, -0.1) is 20.2 Å². The molecule has 396 valence electrons. The fourth-order valence-corrected chi connectivity index (χ4v) is 5.23. The van der Waals surface area contributed by atoms with E-state index in [9.17, 15) is 28.8 Å². The zero-order valence-electron chi connectivity index (χ0n) is 44.7. The molecule has 0 spiro atoms. The van der Waals surface area contributed by atoms with Crippen LogP contribution in [0, 0.1) is 5.41 Å². The van der Waals surface area contributed by atoms with Crippen molar-refractivity contribution in [3.8, 4) is 5.88 Å². The van der Waals surface area contributed by atoms with Gasteiger partial charge in [0.1, 0.15) is 39.3 Å². The number of nitrogens with one attached hydrogen (secondary N) is 4. The molecule has 0 unspecified atom stereocenters. The molecule has 0 aliphatic rings. The first-order valence-corrected chi connectivity index (χ1v) is 23.2. The molecule has 1 aromatic heterocycles. The average molecular weight is 993 g/mol. The van der Waals surface area contributed by atoms with Crippen molar-refractivity contribution in [2.24, 2.45) is 9.98 Å². The largest absolute Gasteiger partial charge is 0.477 e. The molecule has 0 saturated heterocycles. The molecule has 6 amide bonds. The molecule has 0 fully saturated rings. The molecule has 0 radical (unpaired) electrons. The number of unbranched alkanes of at least 4 members (excludes halogenated alkanes) is 4. The maximum absolute atomic E-state index is 14.1. The van der Waals surface area contributed by atoms with E-state index in [2.05, 4.69) is 36.1 Å². The van der Waals surface area contributed by atoms with Crippen molar-refractivity contribution < 1.29 is 61.9 Å². The highest BCUT2D eigenvalue weighted by Gasteiger charge is 2.35. The predicted octanol–water partition coefficient (Wildman–Crippen LogP) is 9.22. The zero-order chi connectivity index (χ0) is 53.9. The molecular weight excluding hydrogens is 913 g/mol. The lowest BCUT2D eigenvalue weighted by Gasteiger charge is -2.34. The van der Waals surface area contributed by atoms with Crippen LogP contribution in [0.3, 0.4) is 0 Å². The summed E-state index contributed by atoms with van der Waals surface area (Å²) < 4.78 is 38.6. The normalized spacial score (nSPS) is 12.7. The maximum Gasteiger partial charge on any atom is 0.437 e. The van der Waals surface area contributed by atoms with Gasteiger partial charge in [0.05, 0.1) is 6.61 Å². The zero-order valence-corrected chi connectivity index (χ0v) is 44.7. The molecule has 1 rings (SSSR count). The molecule has 23 heteroatoms. The summed E-state index contributed by atoms with van der Waals surface area (Å²) in [5, 5.41) is 23.8. The molecule has 0 bridgehead atoms. The molecule has 23 nitrogen and oxygen atoms in total. The van der Waals surface area contributed by atoms with Crippen LogP contribution in [0.2, 0.25) is 0 Å². The number of hydrogen-bond donors (Lipinski definition) is 4. The van der Waals surface area contributed by atoms with E-state index in [0.717, 1.165) is 9.80 Å². The lowest BCUT2D eigenvalue weighted by atomic mass is 10.1. The number of carbonyl (C=O) groups excluding carboxylic acids is 6. The number of carbonyl (C=O) groups is 6. The SMILES string of the molecule is CC(C)(C)OC(=O)/N=C(/N(CCCCCCCN/C(=N\C(=O)OC(C)(C)C)NC(=O)OC(C)(C)C)C(=O)OC(C)(C)C)N(CCCOc1ccc(C(=N)NC(=O)OC(C)(C)C)nn1)C(=O)OC(C)(C)C. The van der Waals surface area contributed by atoms with Gasteiger partial charge in [-0.05, 0) is 150 Å². The Kier molecular flexibility index (Phi) is 23.5. The first kappa shape index (κ1) is 61.7. The summed E-state index contributed by atoms with van der Waals surface area (Å²) in [6.45, 7) is 30.2. The molecule has 0 aliphatic heterocycles. The smallest absolute Gasteiger partial charge is 0.437 e. The van der Waals surface area contributed by atoms with Crippen molar-refractivity contribution in [2.45, 2.75) is 197 Å². The van der Waals surface area contributed by atoms with Crippen LogP contribution in [0.5, 0.6) is 5.88 Å². The van der Waals surface area contributed by atoms with Crippen LogP contribution < -0.4 is 20.7 Å². The fraction of sp³-hybridized carbons (Fsp3) is 0.723. The van der Waals surface area contributed by atoms with Crippen molar-refractivity contribution in [1.82, 2.24) is 35.9 Å². The number of ether oxygens (including phenoxy) is 7. The van der Waals surface area contributed by atoms with Gasteiger partial charge in [0, 0.05) is 25.7 Å². The summed E-state index contributed by atoms with van der Waals surface area (Å²) in [6.07, 6.45) is -2.46. The van der Waals surface area contributed by atoms with E-state index < -0.39 is 76.1 Å². The molecule has 0 atom stereocenters. The minimum atomic E-state index is -1.08. The highest BCUT2D eigenvalue weighted by Crippen LogP contribution is 2.19. The second-order valence-corrected chi connectivity index (χ2v) is 21.9. The van der Waals surface area contributed by atoms with Gasteiger partial charge < -0.3 is 38.5 Å². The van der Waals surface area contributed by atoms with E-state index in [1.807, 2.05) is 0 Å². The summed E-state index contributed by atoms with van der Waals surface area (Å²) in [5.41, 5.74) is -5.32. The fourth-order valence-electron chi connectivity index (χ4n) is 5.23. The number of alkyl carbamates (subject to hydrolysis) is 2. The molecule has 0 aromatic carbocycles. The number of amidine groups is 1. The van der Waals surface area contributed by atoms with E-state index >= 15 is 0 Å². The van der Waals surface area contributed by atoms with Crippen molar-refractivity contribution >= 4 is 54.3 Å². The lowest BCUT2D eigenvalue weighted by molar-refractivity contribution is 0.0267. The second kappa shape index (κ2) is 26.6. The first-order valence-electron chi connectivity index (χ1n) is 23.2. The van der Waals surface area contributed by atoms with Gasteiger partial charge in [-0.25, -0.2) is 38.6 Å². The molecule has 0 saturated carbocycles. The molecule has 1 heterocycles. The van der Waals surface area contributed by atoms with Crippen molar-refractivity contribution in [2.75, 3.05) is 26.2 Å². The minimum absolute atomic E-state index is 0.0435. The Bertz CT molecular complexity index is 1980. The van der Waals surface area contributed by atoms with Crippen LogP contribution >= 0.6 is 0 Å². The molecule has 0 aliphatic carbocycles. The van der Waals surface area contributed by atoms with Crippen LogP contribution in [-0.4, -0.2) is 134 Å². The lowest BCUT2D eigenvalue weighted by Crippen LogP contribution is -2.53. The van der Waals surface area contributed by atoms with Gasteiger partial charge in [-0.3, -0.25) is 16.0 Å². The first-order chi connectivity index (χ1) is 31.8. The Morgan fingerprint density at radius 1 is 0.529 bits per heavy atom. The number of guanidine groups is 2. The van der Waals surface area contributed by atoms with Crippen LogP contribution in [0.15, 0.2) is 22.1 Å². The molecule has 1 aromatic rings. The van der Waals surface area contributed by atoms with E-state index in [4.69, 9.17) is 38.6 Å². The minimum Gasteiger partial charge on any atom is -0.477 e. The third-order valence-corrected chi connectivity index (χ3v) is 7.66. The third-order valence-electron chi connectivity index (χ3n) is 7.66. The van der Waals surface area contributed by atoms with Gasteiger partial charge in [-0.1, -0.05) is 19.3 Å². The van der Waals surface area contributed by atoms with Gasteiger partial charge >= 0.3 is 36.6 Å². The predicted molar refractivity (Wildman–Crippen MR) is 262 cm³/mol. The van der Waals surface area contributed by atoms with Crippen molar-refractivity contribution in [1.29, 1.82) is 5.41 Å². The van der Waals surface area contributed by atoms with Gasteiger partial charge in [0.2, 0.25) is 17.8 Å². The molecule has 70 heavy (non-hydrogen) atoms. The van der Waals surface area contributed by atoms with Crippen LogP contribution in [-0.2, 0) is 28.4 Å². The molecule has 4 N–H and O–H groups in total. The Balaban J connectivity index is 3.35. The topological polar surface area (TPSA) is 284 Å². The van der Waals surface area contributed by atoms with E-state index in [-0.39, 0.29) is 49.5 Å². The van der Waals surface area contributed by atoms with Gasteiger partial charge in [-0.2, -0.15) is 0 Å². The van der Waals surface area contributed by atoms with Crippen molar-refractivity contribution in [3.05, 3.63) is 17.8 Å². The van der Waals surface area contributed by atoms with E-state index in [1.165, 1.54) is 12.1 Å². The van der Waals surface area contributed by atoms with Crippen LogP contribution in [0.25, 0.3) is 0 Å². The number of amides is 6. The second-order valence-electron chi connectivity index (χ2n) is 21.9. The summed E-state index contributed by atoms with van der Waals surface area (Å²) in [4.78, 5) is 88.9. The van der Waals surface area contributed by atoms with Gasteiger partial charge in [0.25, 0.3) is 0 Å². The maximum atomic E-state index is 14.1. The Hall–Kier alpha value is -6.29. The summed E-state index contributed by atoms with van der Waals surface area (Å²) in [6, 6.07) is 2.86. The van der Waals surface area contributed by atoms with E-state index in [0.29, 0.717) is 38.6 Å². The monoisotopic (exact) mass is 993 g/mol. The number of nitrogens with zero attached hydrogens (tertiary/aromatic N) is 6. The summed E-state index contributed by atoms with van der Waals surface area (Å²) >= 11 is 0. The van der Waals surface area contributed by atoms with Gasteiger partial charge in [0.15, 0.2) is 5.84 Å². The number of hydrogen-bond acceptors (Lipinski definition) is 16. The summed E-state index contributed by atoms with van der Waals surface area (Å²) in [5.74, 6) is -0.797. The third kappa shape index (κ3) is 29.6. The molecular formula is C47H80N10O13. The Morgan fingerprint density at radius 2 is 0.957 bits per heavy atom. The van der Waals surface area contributed by atoms with Crippen LogP contribution in [0.1, 0.15) is 169 Å². The Morgan fingerprint density at radius 3 is 1.41 bits per heavy atom. The Labute approximate surface area is 413 Å². The average Bonchev–Trinajstić information content (AvgIpc) is 3.12. The number of rotatable bonds is 14. The highest BCUT2D eigenvalue weighted by molar-refractivity contribution is 6.05. The quantitative estimate of drug-likeness (QED) is 0.0584. The van der Waals surface area contributed by atoms with Crippen molar-refractivity contribution in [3.63, 3.8) is 0 Å². The van der Waals surface area contributed by atoms with Crippen LogP contribution in [0.4, 0.5) is 28.8 Å². The highest BCUT2D eigenvalue weighted by atomic mass is 16.6. The van der Waals surface area contributed by atoms with E-state index in [1.54, 1.807) is 125 Å².